The number of aromatic nitrogens is 1. The van der Waals surface area contributed by atoms with Crippen molar-refractivity contribution in [2.45, 2.75) is 82.5 Å². The summed E-state index contributed by atoms with van der Waals surface area (Å²) in [6.45, 7) is 4.37. The standard InChI is InChI=1S/C39H49N7O9/c1-24-20-25(21-31-34(24)42-38(51)54-31)22-32(35(48)43-15-10-27(11-16-43)45-14-5-8-30(45)36(49)53-23-33(47)40-2)55-39(52)44-17-12-28(13-18-44)46-19-9-26-6-3-4-7-29(26)41-37(46)50/h3-4,6-7,20-21,27-28,30,32H,5,8-19,22-23H2,1-2H3,(H,40,47)(H,41,50)(H,42,51)/t30-,32+/m0/s1. The Balaban J connectivity index is 0.998. The molecule has 3 fully saturated rings. The number of hydrogen-bond acceptors (Lipinski definition) is 10. The number of carbonyl (C=O) groups excluding carboxylic acids is 5. The molecule has 0 bridgehead atoms. The Labute approximate surface area is 318 Å². The summed E-state index contributed by atoms with van der Waals surface area (Å²) in [6, 6.07) is 10.7. The molecular formula is C39H49N7O9. The zero-order chi connectivity index (χ0) is 38.6. The smallest absolute Gasteiger partial charge is 0.417 e. The van der Waals surface area contributed by atoms with Crippen LogP contribution in [0.1, 0.15) is 55.2 Å². The number of nitrogens with zero attached hydrogens (tertiary/aromatic N) is 4. The van der Waals surface area contributed by atoms with Gasteiger partial charge in [-0.2, -0.15) is 0 Å². The third kappa shape index (κ3) is 8.48. The number of benzene rings is 2. The molecule has 0 spiro atoms. The maximum atomic E-state index is 14.2. The molecule has 55 heavy (non-hydrogen) atoms. The number of carbonyl (C=O) groups is 5. The molecule has 1 aromatic heterocycles. The topological polar surface area (TPSA) is 187 Å². The van der Waals surface area contributed by atoms with E-state index >= 15 is 0 Å². The second-order valence-electron chi connectivity index (χ2n) is 14.9. The first kappa shape index (κ1) is 37.9. The zero-order valence-corrected chi connectivity index (χ0v) is 31.3. The molecule has 5 heterocycles. The normalized spacial score (nSPS) is 20.4. The lowest BCUT2D eigenvalue weighted by molar-refractivity contribution is -0.154. The number of piperidine rings is 2. The number of para-hydroxylation sites is 1. The minimum Gasteiger partial charge on any atom is -0.454 e. The molecule has 0 unspecified atom stereocenters. The lowest BCUT2D eigenvalue weighted by Crippen LogP contribution is -2.53. The van der Waals surface area contributed by atoms with E-state index in [1.807, 2.05) is 42.2 Å². The van der Waals surface area contributed by atoms with E-state index in [1.54, 1.807) is 15.9 Å². The predicted molar refractivity (Wildman–Crippen MR) is 200 cm³/mol. The summed E-state index contributed by atoms with van der Waals surface area (Å²) in [7, 11) is 1.49. The number of esters is 1. The van der Waals surface area contributed by atoms with E-state index in [2.05, 4.69) is 20.5 Å². The molecule has 3 N–H and O–H groups in total. The predicted octanol–water partition coefficient (Wildman–Crippen LogP) is 2.78. The van der Waals surface area contributed by atoms with E-state index in [9.17, 15) is 28.8 Å². The average molecular weight is 760 g/mol. The number of oxazole rings is 1. The molecule has 294 valence electrons. The summed E-state index contributed by atoms with van der Waals surface area (Å²) < 4.78 is 16.7. The van der Waals surface area contributed by atoms with Crippen molar-refractivity contribution in [3.8, 4) is 0 Å². The van der Waals surface area contributed by atoms with Crippen LogP contribution in [0.3, 0.4) is 0 Å². The van der Waals surface area contributed by atoms with Crippen molar-refractivity contribution in [2.75, 3.05) is 58.2 Å². The maximum Gasteiger partial charge on any atom is 0.417 e. The summed E-state index contributed by atoms with van der Waals surface area (Å²) in [6.07, 6.45) is 2.94. The van der Waals surface area contributed by atoms with Gasteiger partial charge in [-0.3, -0.25) is 24.3 Å². The van der Waals surface area contributed by atoms with Crippen LogP contribution in [-0.2, 0) is 36.7 Å². The molecule has 5 amide bonds. The van der Waals surface area contributed by atoms with Gasteiger partial charge in [0.2, 0.25) is 0 Å². The first-order valence-corrected chi connectivity index (χ1v) is 19.2. The fourth-order valence-electron chi connectivity index (χ4n) is 8.51. The highest BCUT2D eigenvalue weighted by Crippen LogP contribution is 2.29. The van der Waals surface area contributed by atoms with Crippen molar-refractivity contribution in [3.05, 3.63) is 63.6 Å². The minimum absolute atomic E-state index is 0.0457. The van der Waals surface area contributed by atoms with Crippen LogP contribution in [0.5, 0.6) is 0 Å². The van der Waals surface area contributed by atoms with E-state index < -0.39 is 30.0 Å². The number of likely N-dealkylation sites (N-methyl/N-ethyl adjacent to an activating group) is 1. The third-order valence-electron chi connectivity index (χ3n) is 11.5. The molecule has 7 rings (SSSR count). The highest BCUT2D eigenvalue weighted by atomic mass is 16.6. The van der Waals surface area contributed by atoms with Crippen molar-refractivity contribution in [2.24, 2.45) is 0 Å². The summed E-state index contributed by atoms with van der Waals surface area (Å²) in [5, 5.41) is 5.48. The Bertz CT molecular complexity index is 1980. The Kier molecular flexibility index (Phi) is 11.4. The minimum atomic E-state index is -1.14. The Morgan fingerprint density at radius 2 is 1.65 bits per heavy atom. The fraction of sp³-hybridized carbons (Fsp3) is 0.538. The van der Waals surface area contributed by atoms with Crippen LogP contribution < -0.4 is 16.4 Å². The molecule has 0 aliphatic carbocycles. The van der Waals surface area contributed by atoms with Gasteiger partial charge in [0.1, 0.15) is 6.04 Å². The van der Waals surface area contributed by atoms with Gasteiger partial charge >= 0.3 is 23.8 Å². The number of aryl methyl sites for hydroxylation is 1. The molecule has 0 radical (unpaired) electrons. The van der Waals surface area contributed by atoms with Gasteiger partial charge < -0.3 is 39.2 Å². The number of H-pyrrole nitrogens is 1. The van der Waals surface area contributed by atoms with Crippen molar-refractivity contribution >= 4 is 46.7 Å². The number of anilines is 1. The molecule has 16 nitrogen and oxygen atoms in total. The number of urea groups is 1. The first-order valence-electron chi connectivity index (χ1n) is 19.2. The van der Waals surface area contributed by atoms with E-state index in [-0.39, 0.29) is 43.0 Å². The van der Waals surface area contributed by atoms with Crippen LogP contribution >= 0.6 is 0 Å². The van der Waals surface area contributed by atoms with Crippen LogP contribution in [0.2, 0.25) is 0 Å². The van der Waals surface area contributed by atoms with Crippen LogP contribution in [0.4, 0.5) is 15.3 Å². The summed E-state index contributed by atoms with van der Waals surface area (Å²) in [5.41, 5.74) is 4.27. The second-order valence-corrected chi connectivity index (χ2v) is 14.9. The number of amides is 5. The van der Waals surface area contributed by atoms with E-state index in [1.165, 1.54) is 7.05 Å². The molecule has 3 saturated heterocycles. The Morgan fingerprint density at radius 3 is 2.42 bits per heavy atom. The molecule has 2 aromatic carbocycles. The molecule has 3 aromatic rings. The number of likely N-dealkylation sites (tertiary alicyclic amines) is 3. The van der Waals surface area contributed by atoms with Gasteiger partial charge in [0.05, 0.1) is 5.52 Å². The van der Waals surface area contributed by atoms with Gasteiger partial charge in [-0.15, -0.1) is 0 Å². The largest absolute Gasteiger partial charge is 0.454 e. The number of aromatic amines is 1. The van der Waals surface area contributed by atoms with E-state index in [4.69, 9.17) is 13.9 Å². The number of hydrogen-bond donors (Lipinski definition) is 3. The highest BCUT2D eigenvalue weighted by molar-refractivity contribution is 5.91. The molecule has 16 heteroatoms. The van der Waals surface area contributed by atoms with Crippen LogP contribution in [0.25, 0.3) is 11.1 Å². The van der Waals surface area contributed by atoms with Crippen LogP contribution in [0.15, 0.2) is 45.6 Å². The SMILES string of the molecule is CNC(=O)COC(=O)[C@@H]1CCCN1C1CCN(C(=O)[C@@H](Cc2cc(C)c3[nH]c(=O)oc3c2)OC(=O)N2CCC(N3CCc4ccccc4NC3=O)CC2)CC1. The van der Waals surface area contributed by atoms with Crippen LogP contribution in [0, 0.1) is 6.92 Å². The van der Waals surface area contributed by atoms with E-state index in [0.717, 1.165) is 36.2 Å². The van der Waals surface area contributed by atoms with Gasteiger partial charge in [0, 0.05) is 64.0 Å². The number of fused-ring (bicyclic) bond motifs is 2. The molecular weight excluding hydrogens is 710 g/mol. The lowest BCUT2D eigenvalue weighted by Gasteiger charge is -2.40. The molecule has 2 atom stereocenters. The Hall–Kier alpha value is -5.38. The summed E-state index contributed by atoms with van der Waals surface area (Å²) in [5.74, 6) is -1.69. The van der Waals surface area contributed by atoms with Gasteiger partial charge in [0.15, 0.2) is 18.3 Å². The number of ether oxygens (including phenoxy) is 2. The number of nitrogens with one attached hydrogen (secondary N) is 3. The monoisotopic (exact) mass is 759 g/mol. The lowest BCUT2D eigenvalue weighted by atomic mass is 9.99. The average Bonchev–Trinajstić information content (AvgIpc) is 3.80. The number of rotatable bonds is 9. The molecule has 0 saturated carbocycles. The molecule has 4 aliphatic heterocycles. The highest BCUT2D eigenvalue weighted by Gasteiger charge is 2.40. The van der Waals surface area contributed by atoms with Crippen molar-refractivity contribution < 1.29 is 37.9 Å². The van der Waals surface area contributed by atoms with Gasteiger partial charge in [-0.1, -0.05) is 24.3 Å². The van der Waals surface area contributed by atoms with Gasteiger partial charge in [-0.25, -0.2) is 14.4 Å². The maximum absolute atomic E-state index is 14.2. The summed E-state index contributed by atoms with van der Waals surface area (Å²) in [4.78, 5) is 87.6. The quantitative estimate of drug-likeness (QED) is 0.274. The van der Waals surface area contributed by atoms with Crippen molar-refractivity contribution in [1.82, 2.24) is 29.9 Å². The zero-order valence-electron chi connectivity index (χ0n) is 31.3. The molecule has 4 aliphatic rings. The van der Waals surface area contributed by atoms with Crippen molar-refractivity contribution in [3.63, 3.8) is 0 Å². The van der Waals surface area contributed by atoms with Gasteiger partial charge in [0.25, 0.3) is 11.8 Å². The van der Waals surface area contributed by atoms with Gasteiger partial charge in [-0.05, 0) is 87.2 Å². The van der Waals surface area contributed by atoms with Crippen molar-refractivity contribution in [1.29, 1.82) is 0 Å². The first-order chi connectivity index (χ1) is 26.6. The second kappa shape index (κ2) is 16.6. The Morgan fingerprint density at radius 1 is 0.927 bits per heavy atom. The summed E-state index contributed by atoms with van der Waals surface area (Å²) >= 11 is 0. The van der Waals surface area contributed by atoms with Crippen LogP contribution in [-0.4, -0.2) is 132 Å². The third-order valence-corrected chi connectivity index (χ3v) is 11.5. The van der Waals surface area contributed by atoms with E-state index in [0.29, 0.717) is 81.5 Å². The fourth-order valence-corrected chi connectivity index (χ4v) is 8.51.